The SMILES string of the molecule is O=C(O)CC(CO)C(=O)[O-].[Na+]. The molecule has 0 radical (unpaired) electrons. The van der Waals surface area contributed by atoms with E-state index in [1.54, 1.807) is 0 Å². The quantitative estimate of drug-likeness (QED) is 0.411. The van der Waals surface area contributed by atoms with Crippen LogP contribution in [0.2, 0.25) is 0 Å². The monoisotopic (exact) mass is 170 g/mol. The minimum absolute atomic E-state index is 0. The second kappa shape index (κ2) is 6.60. The van der Waals surface area contributed by atoms with Gasteiger partial charge in [-0.05, 0) is 0 Å². The Balaban J connectivity index is 0. The summed E-state index contributed by atoms with van der Waals surface area (Å²) in [4.78, 5) is 19.8. The topological polar surface area (TPSA) is 97.7 Å². The molecule has 0 bridgehead atoms. The van der Waals surface area contributed by atoms with Crippen LogP contribution in [0.1, 0.15) is 6.42 Å². The molecule has 0 aromatic rings. The fourth-order valence-corrected chi connectivity index (χ4v) is 0.433. The third kappa shape index (κ3) is 6.30. The first kappa shape index (κ1) is 13.5. The maximum Gasteiger partial charge on any atom is 1.00 e. The molecule has 0 aliphatic heterocycles. The molecule has 0 amide bonds. The van der Waals surface area contributed by atoms with Gasteiger partial charge in [-0.2, -0.15) is 0 Å². The third-order valence-corrected chi connectivity index (χ3v) is 0.975. The minimum Gasteiger partial charge on any atom is -0.550 e. The second-order valence-electron chi connectivity index (χ2n) is 1.80. The molecule has 11 heavy (non-hydrogen) atoms. The molecule has 0 aliphatic carbocycles. The van der Waals surface area contributed by atoms with Crippen LogP contribution in [0, 0.1) is 5.92 Å². The van der Waals surface area contributed by atoms with Gasteiger partial charge in [0.1, 0.15) is 0 Å². The molecular formula is C5H7NaO5. The van der Waals surface area contributed by atoms with Crippen molar-refractivity contribution in [2.45, 2.75) is 6.42 Å². The average Bonchev–Trinajstić information content (AvgIpc) is 1.81. The van der Waals surface area contributed by atoms with E-state index in [0.717, 1.165) is 0 Å². The van der Waals surface area contributed by atoms with E-state index in [1.807, 2.05) is 0 Å². The number of hydrogen-bond acceptors (Lipinski definition) is 4. The fourth-order valence-electron chi connectivity index (χ4n) is 0.433. The van der Waals surface area contributed by atoms with Crippen molar-refractivity contribution in [1.82, 2.24) is 0 Å². The Bertz CT molecular complexity index is 146. The average molecular weight is 170 g/mol. The molecule has 5 nitrogen and oxygen atoms in total. The number of aliphatic hydroxyl groups excluding tert-OH is 1. The molecule has 0 heterocycles. The molecule has 0 saturated heterocycles. The number of rotatable bonds is 4. The largest absolute Gasteiger partial charge is 1.00 e. The van der Waals surface area contributed by atoms with E-state index in [9.17, 15) is 14.7 Å². The second-order valence-corrected chi connectivity index (χ2v) is 1.80. The van der Waals surface area contributed by atoms with Crippen molar-refractivity contribution >= 4 is 11.9 Å². The summed E-state index contributed by atoms with van der Waals surface area (Å²) in [6.07, 6.45) is -0.598. The van der Waals surface area contributed by atoms with Gasteiger partial charge in [-0.15, -0.1) is 0 Å². The summed E-state index contributed by atoms with van der Waals surface area (Å²) in [6, 6.07) is 0. The molecule has 0 saturated carbocycles. The third-order valence-electron chi connectivity index (χ3n) is 0.975. The summed E-state index contributed by atoms with van der Waals surface area (Å²) in [5.74, 6) is -4.09. The molecule has 1 unspecified atom stereocenters. The van der Waals surface area contributed by atoms with Crippen molar-refractivity contribution in [2.24, 2.45) is 5.92 Å². The van der Waals surface area contributed by atoms with E-state index in [-0.39, 0.29) is 29.6 Å². The Morgan fingerprint density at radius 3 is 2.00 bits per heavy atom. The first-order chi connectivity index (χ1) is 4.57. The van der Waals surface area contributed by atoms with Gasteiger partial charge in [-0.25, -0.2) is 0 Å². The standard InChI is InChI=1S/C5H8O5.Na/c6-2-3(5(9)10)1-4(7)8;/h3,6H,1-2H2,(H,7,8)(H,9,10);/q;+1/p-1. The van der Waals surface area contributed by atoms with Crippen molar-refractivity contribution in [3.8, 4) is 0 Å². The van der Waals surface area contributed by atoms with Gasteiger partial charge < -0.3 is 20.1 Å². The van der Waals surface area contributed by atoms with Gasteiger partial charge in [0.25, 0.3) is 0 Å². The first-order valence-electron chi connectivity index (χ1n) is 2.61. The van der Waals surface area contributed by atoms with Crippen molar-refractivity contribution < 1.29 is 54.5 Å². The number of carboxylic acids is 2. The fraction of sp³-hybridized carbons (Fsp3) is 0.600. The molecule has 0 aliphatic rings. The minimum atomic E-state index is -1.54. The molecule has 0 aromatic carbocycles. The van der Waals surface area contributed by atoms with Gasteiger partial charge in [0.05, 0.1) is 13.0 Å². The zero-order valence-corrected chi connectivity index (χ0v) is 8.11. The van der Waals surface area contributed by atoms with Crippen molar-refractivity contribution in [3.63, 3.8) is 0 Å². The van der Waals surface area contributed by atoms with E-state index in [1.165, 1.54) is 0 Å². The molecule has 0 fully saturated rings. The van der Waals surface area contributed by atoms with Crippen LogP contribution < -0.4 is 34.7 Å². The van der Waals surface area contributed by atoms with Crippen molar-refractivity contribution in [2.75, 3.05) is 6.61 Å². The van der Waals surface area contributed by atoms with Crippen LogP contribution in [-0.2, 0) is 9.59 Å². The summed E-state index contributed by atoms with van der Waals surface area (Å²) >= 11 is 0. The normalized spacial score (nSPS) is 11.4. The van der Waals surface area contributed by atoms with E-state index >= 15 is 0 Å². The number of carboxylic acid groups (broad SMARTS) is 2. The first-order valence-corrected chi connectivity index (χ1v) is 2.61. The number of aliphatic carboxylic acids is 2. The van der Waals surface area contributed by atoms with Crippen LogP contribution in [0.15, 0.2) is 0 Å². The molecule has 0 rings (SSSR count). The van der Waals surface area contributed by atoms with E-state index in [4.69, 9.17) is 10.2 Å². The van der Waals surface area contributed by atoms with E-state index in [2.05, 4.69) is 0 Å². The Labute approximate surface area is 85.3 Å². The molecule has 0 aromatic heterocycles. The van der Waals surface area contributed by atoms with Crippen LogP contribution in [0.3, 0.4) is 0 Å². The van der Waals surface area contributed by atoms with Gasteiger partial charge in [0.15, 0.2) is 0 Å². The van der Waals surface area contributed by atoms with Crippen LogP contribution in [-0.4, -0.2) is 28.8 Å². The van der Waals surface area contributed by atoms with Gasteiger partial charge in [-0.3, -0.25) is 4.79 Å². The van der Waals surface area contributed by atoms with Crippen LogP contribution in [0.5, 0.6) is 0 Å². The predicted octanol–water partition coefficient (Wildman–Crippen LogP) is -5.18. The van der Waals surface area contributed by atoms with E-state index < -0.39 is 30.9 Å². The molecule has 0 spiro atoms. The molecule has 6 heteroatoms. The summed E-state index contributed by atoms with van der Waals surface area (Å²) < 4.78 is 0. The van der Waals surface area contributed by atoms with Gasteiger partial charge in [0.2, 0.25) is 0 Å². The zero-order valence-electron chi connectivity index (χ0n) is 6.11. The van der Waals surface area contributed by atoms with E-state index in [0.29, 0.717) is 0 Å². The number of hydrogen-bond donors (Lipinski definition) is 2. The maximum absolute atomic E-state index is 9.93. The summed E-state index contributed by atoms with van der Waals surface area (Å²) in [7, 11) is 0. The number of aliphatic hydroxyl groups is 1. The van der Waals surface area contributed by atoms with Crippen LogP contribution in [0.25, 0.3) is 0 Å². The Kier molecular flexibility index (Phi) is 8.09. The maximum atomic E-state index is 9.93. The van der Waals surface area contributed by atoms with Crippen molar-refractivity contribution in [3.05, 3.63) is 0 Å². The number of carbonyl (C=O) groups excluding carboxylic acids is 1. The predicted molar refractivity (Wildman–Crippen MR) is 27.8 cm³/mol. The molecule has 1 atom stereocenters. The number of carbonyl (C=O) groups is 2. The smallest absolute Gasteiger partial charge is 0.550 e. The molecular weight excluding hydrogens is 163 g/mol. The Morgan fingerprint density at radius 2 is 1.91 bits per heavy atom. The van der Waals surface area contributed by atoms with Gasteiger partial charge in [0, 0.05) is 11.9 Å². The van der Waals surface area contributed by atoms with Gasteiger partial charge in [-0.1, -0.05) is 0 Å². The van der Waals surface area contributed by atoms with Crippen molar-refractivity contribution in [1.29, 1.82) is 0 Å². The Hall–Kier alpha value is -0.100. The molecule has 58 valence electrons. The molecule has 2 N–H and O–H groups in total. The Morgan fingerprint density at radius 1 is 1.45 bits per heavy atom. The van der Waals surface area contributed by atoms with Crippen LogP contribution >= 0.6 is 0 Å². The zero-order chi connectivity index (χ0) is 8.15. The van der Waals surface area contributed by atoms with Crippen LogP contribution in [0.4, 0.5) is 0 Å². The summed E-state index contributed by atoms with van der Waals surface area (Å²) in [6.45, 7) is -0.700. The van der Waals surface area contributed by atoms with Gasteiger partial charge >= 0.3 is 35.5 Å². The summed E-state index contributed by atoms with van der Waals surface area (Å²) in [5.41, 5.74) is 0. The summed E-state index contributed by atoms with van der Waals surface area (Å²) in [5, 5.41) is 26.3.